The standard InChI is InChI=1S/C23H24N4O/c1-17(2)19-11-8-13-20(15-19)26-23(25-16-21-12-6-7-14-24-21)27-22(28)18-9-4-3-5-10-18/h3-15,17H,16H2,1-2H3,(H2,25,26,27,28). The maximum absolute atomic E-state index is 12.6. The van der Waals surface area contributed by atoms with E-state index in [2.05, 4.69) is 46.6 Å². The van der Waals surface area contributed by atoms with E-state index in [1.54, 1.807) is 18.3 Å². The third-order valence-electron chi connectivity index (χ3n) is 4.21. The summed E-state index contributed by atoms with van der Waals surface area (Å²) in [6.45, 7) is 4.65. The Morgan fingerprint density at radius 2 is 1.79 bits per heavy atom. The summed E-state index contributed by atoms with van der Waals surface area (Å²) in [5.41, 5.74) is 3.49. The van der Waals surface area contributed by atoms with Gasteiger partial charge in [0.15, 0.2) is 0 Å². The number of rotatable bonds is 5. The zero-order valence-corrected chi connectivity index (χ0v) is 16.1. The van der Waals surface area contributed by atoms with E-state index in [9.17, 15) is 4.79 Å². The van der Waals surface area contributed by atoms with Crippen LogP contribution in [0.15, 0.2) is 84.0 Å². The molecule has 142 valence electrons. The van der Waals surface area contributed by atoms with E-state index in [1.165, 1.54) is 5.56 Å². The summed E-state index contributed by atoms with van der Waals surface area (Å²) in [7, 11) is 0. The van der Waals surface area contributed by atoms with E-state index < -0.39 is 0 Å². The molecule has 0 saturated heterocycles. The number of nitrogens with zero attached hydrogens (tertiary/aromatic N) is 2. The Balaban J connectivity index is 1.81. The SMILES string of the molecule is CC(C)c1cccc(NC(=NCc2ccccn2)NC(=O)c2ccccc2)c1. The molecule has 2 aromatic carbocycles. The number of hydrogen-bond donors (Lipinski definition) is 2. The van der Waals surface area contributed by atoms with Crippen molar-refractivity contribution in [2.45, 2.75) is 26.3 Å². The highest BCUT2D eigenvalue weighted by molar-refractivity contribution is 6.09. The van der Waals surface area contributed by atoms with Crippen LogP contribution in [0.2, 0.25) is 0 Å². The van der Waals surface area contributed by atoms with E-state index in [-0.39, 0.29) is 5.91 Å². The molecule has 5 nitrogen and oxygen atoms in total. The quantitative estimate of drug-likeness (QED) is 0.508. The summed E-state index contributed by atoms with van der Waals surface area (Å²) in [6.07, 6.45) is 1.73. The highest BCUT2D eigenvalue weighted by Gasteiger charge is 2.10. The molecule has 1 heterocycles. The van der Waals surface area contributed by atoms with Crippen LogP contribution in [0.1, 0.15) is 41.4 Å². The van der Waals surface area contributed by atoms with Crippen molar-refractivity contribution >= 4 is 17.6 Å². The number of amides is 1. The molecule has 0 aliphatic carbocycles. The smallest absolute Gasteiger partial charge is 0.257 e. The van der Waals surface area contributed by atoms with Crippen molar-refractivity contribution in [2.24, 2.45) is 4.99 Å². The zero-order chi connectivity index (χ0) is 19.8. The number of hydrogen-bond acceptors (Lipinski definition) is 3. The second-order valence-corrected chi connectivity index (χ2v) is 6.71. The Morgan fingerprint density at radius 3 is 2.50 bits per heavy atom. The number of aliphatic imine (C=N–C) groups is 1. The number of aromatic nitrogens is 1. The van der Waals surface area contributed by atoms with Crippen LogP contribution in [0.4, 0.5) is 5.69 Å². The molecule has 1 amide bonds. The molecule has 3 aromatic rings. The third-order valence-corrected chi connectivity index (χ3v) is 4.21. The van der Waals surface area contributed by atoms with E-state index in [0.717, 1.165) is 11.4 Å². The molecule has 3 rings (SSSR count). The lowest BCUT2D eigenvalue weighted by Gasteiger charge is -2.14. The van der Waals surface area contributed by atoms with Gasteiger partial charge in [-0.05, 0) is 47.9 Å². The van der Waals surface area contributed by atoms with Gasteiger partial charge in [-0.25, -0.2) is 4.99 Å². The van der Waals surface area contributed by atoms with E-state index in [4.69, 9.17) is 0 Å². The summed E-state index contributed by atoms with van der Waals surface area (Å²) < 4.78 is 0. The van der Waals surface area contributed by atoms with Crippen molar-refractivity contribution in [3.05, 3.63) is 95.8 Å². The maximum Gasteiger partial charge on any atom is 0.257 e. The Labute approximate surface area is 165 Å². The molecule has 1 aromatic heterocycles. The Bertz CT molecular complexity index is 937. The van der Waals surface area contributed by atoms with E-state index >= 15 is 0 Å². The average Bonchev–Trinajstić information content (AvgIpc) is 2.73. The molecule has 0 atom stereocenters. The molecule has 5 heteroatoms. The number of carbonyl (C=O) groups is 1. The van der Waals surface area contributed by atoms with Gasteiger partial charge in [-0.3, -0.25) is 15.1 Å². The molecule has 0 fully saturated rings. The summed E-state index contributed by atoms with van der Waals surface area (Å²) in [5.74, 6) is 0.586. The first-order valence-corrected chi connectivity index (χ1v) is 9.29. The predicted octanol–water partition coefficient (Wildman–Crippen LogP) is 4.60. The number of nitrogens with one attached hydrogen (secondary N) is 2. The van der Waals surface area contributed by atoms with Crippen LogP contribution in [0, 0.1) is 0 Å². The molecule has 0 saturated carbocycles. The van der Waals surface area contributed by atoms with Gasteiger partial charge in [-0.1, -0.05) is 50.2 Å². The minimum atomic E-state index is -0.215. The van der Waals surface area contributed by atoms with Crippen molar-refractivity contribution in [3.8, 4) is 0 Å². The van der Waals surface area contributed by atoms with Crippen LogP contribution in [-0.2, 0) is 6.54 Å². The van der Waals surface area contributed by atoms with Gasteiger partial charge < -0.3 is 5.32 Å². The highest BCUT2D eigenvalue weighted by atomic mass is 16.1. The van der Waals surface area contributed by atoms with Crippen LogP contribution >= 0.6 is 0 Å². The number of benzene rings is 2. The van der Waals surface area contributed by atoms with Gasteiger partial charge in [0.1, 0.15) is 0 Å². The Morgan fingerprint density at radius 1 is 1.00 bits per heavy atom. The first-order chi connectivity index (χ1) is 13.6. The molecule has 0 aliphatic rings. The fraction of sp³-hybridized carbons (Fsp3) is 0.174. The summed E-state index contributed by atoms with van der Waals surface area (Å²) in [5, 5.41) is 6.11. The van der Waals surface area contributed by atoms with Crippen LogP contribution in [0.5, 0.6) is 0 Å². The lowest BCUT2D eigenvalue weighted by molar-refractivity contribution is 0.0977. The van der Waals surface area contributed by atoms with E-state index in [1.807, 2.05) is 48.5 Å². The van der Waals surface area contributed by atoms with Crippen molar-refractivity contribution in [1.29, 1.82) is 0 Å². The number of carbonyl (C=O) groups excluding carboxylic acids is 1. The normalized spacial score (nSPS) is 11.3. The summed E-state index contributed by atoms with van der Waals surface area (Å²) >= 11 is 0. The average molecular weight is 372 g/mol. The second kappa shape index (κ2) is 9.46. The molecule has 0 spiro atoms. The molecule has 28 heavy (non-hydrogen) atoms. The summed E-state index contributed by atoms with van der Waals surface area (Å²) in [4.78, 5) is 21.4. The highest BCUT2D eigenvalue weighted by Crippen LogP contribution is 2.18. The van der Waals surface area contributed by atoms with Gasteiger partial charge in [0, 0.05) is 17.4 Å². The molecular weight excluding hydrogens is 348 g/mol. The maximum atomic E-state index is 12.6. The van der Waals surface area contributed by atoms with Crippen molar-refractivity contribution < 1.29 is 4.79 Å². The molecule has 0 unspecified atom stereocenters. The van der Waals surface area contributed by atoms with Gasteiger partial charge in [0.2, 0.25) is 5.96 Å². The largest absolute Gasteiger partial charge is 0.326 e. The number of guanidine groups is 1. The van der Waals surface area contributed by atoms with Crippen molar-refractivity contribution in [2.75, 3.05) is 5.32 Å². The minimum absolute atomic E-state index is 0.215. The molecule has 0 bridgehead atoms. The lowest BCUT2D eigenvalue weighted by Crippen LogP contribution is -2.36. The van der Waals surface area contributed by atoms with Crippen LogP contribution < -0.4 is 10.6 Å². The molecule has 2 N–H and O–H groups in total. The first kappa shape index (κ1) is 19.3. The van der Waals surface area contributed by atoms with Crippen LogP contribution in [0.25, 0.3) is 0 Å². The van der Waals surface area contributed by atoms with Gasteiger partial charge in [0.25, 0.3) is 5.91 Å². The molecule has 0 aliphatic heterocycles. The molecule has 0 radical (unpaired) electrons. The van der Waals surface area contributed by atoms with Crippen LogP contribution in [0.3, 0.4) is 0 Å². The Kier molecular flexibility index (Phi) is 6.52. The van der Waals surface area contributed by atoms with Gasteiger partial charge in [-0.15, -0.1) is 0 Å². The fourth-order valence-corrected chi connectivity index (χ4v) is 2.64. The predicted molar refractivity (Wildman–Crippen MR) is 113 cm³/mol. The third kappa shape index (κ3) is 5.51. The van der Waals surface area contributed by atoms with Gasteiger partial charge >= 0.3 is 0 Å². The second-order valence-electron chi connectivity index (χ2n) is 6.71. The van der Waals surface area contributed by atoms with Gasteiger partial charge in [0.05, 0.1) is 12.2 Å². The van der Waals surface area contributed by atoms with Crippen molar-refractivity contribution in [3.63, 3.8) is 0 Å². The number of anilines is 1. The zero-order valence-electron chi connectivity index (χ0n) is 16.1. The van der Waals surface area contributed by atoms with E-state index in [0.29, 0.717) is 24.0 Å². The minimum Gasteiger partial charge on any atom is -0.326 e. The fourth-order valence-electron chi connectivity index (χ4n) is 2.64. The van der Waals surface area contributed by atoms with Crippen molar-refractivity contribution in [1.82, 2.24) is 10.3 Å². The summed E-state index contributed by atoms with van der Waals surface area (Å²) in [6, 6.07) is 22.9. The topological polar surface area (TPSA) is 66.4 Å². The number of pyridine rings is 1. The van der Waals surface area contributed by atoms with Gasteiger partial charge in [-0.2, -0.15) is 0 Å². The Hall–Kier alpha value is -3.47. The lowest BCUT2D eigenvalue weighted by atomic mass is 10.0. The molecular formula is C23H24N4O. The monoisotopic (exact) mass is 372 g/mol. The first-order valence-electron chi connectivity index (χ1n) is 9.29. The van der Waals surface area contributed by atoms with Crippen LogP contribution in [-0.4, -0.2) is 16.9 Å².